The second kappa shape index (κ2) is 7.92. The highest BCUT2D eigenvalue weighted by atomic mass is 32.1. The first-order chi connectivity index (χ1) is 13.1. The minimum absolute atomic E-state index is 0.0185. The topological polar surface area (TPSA) is 100 Å². The van der Waals surface area contributed by atoms with Crippen molar-refractivity contribution in [2.75, 3.05) is 26.6 Å². The molecule has 0 saturated carbocycles. The van der Waals surface area contributed by atoms with Gasteiger partial charge in [0.2, 0.25) is 10.9 Å². The zero-order valence-electron chi connectivity index (χ0n) is 14.9. The highest BCUT2D eigenvalue weighted by Crippen LogP contribution is 2.40. The van der Waals surface area contributed by atoms with Crippen molar-refractivity contribution in [1.29, 1.82) is 0 Å². The molecule has 140 valence electrons. The summed E-state index contributed by atoms with van der Waals surface area (Å²) in [5, 5.41) is 21.8. The van der Waals surface area contributed by atoms with Gasteiger partial charge in [-0.2, -0.15) is 0 Å². The lowest BCUT2D eigenvalue weighted by molar-refractivity contribution is 0.324. The zero-order valence-corrected chi connectivity index (χ0v) is 15.8. The molecule has 3 aromatic rings. The normalized spacial score (nSPS) is 10.9. The molecular formula is C18H18N4O4S. The number of nitrogens with one attached hydrogen (secondary N) is 2. The molecule has 0 spiro atoms. The van der Waals surface area contributed by atoms with Gasteiger partial charge in [-0.15, -0.1) is 10.2 Å². The van der Waals surface area contributed by atoms with Crippen molar-refractivity contribution in [2.24, 2.45) is 10.2 Å². The van der Waals surface area contributed by atoms with E-state index in [1.165, 1.54) is 21.3 Å². The van der Waals surface area contributed by atoms with E-state index in [-0.39, 0.29) is 16.7 Å². The van der Waals surface area contributed by atoms with E-state index in [4.69, 9.17) is 26.4 Å². The Morgan fingerprint density at radius 1 is 1.07 bits per heavy atom. The lowest BCUT2D eigenvalue weighted by atomic mass is 10.2. The molecule has 3 rings (SSSR count). The van der Waals surface area contributed by atoms with Crippen LogP contribution in [0.3, 0.4) is 0 Å². The Labute approximate surface area is 160 Å². The van der Waals surface area contributed by atoms with Crippen LogP contribution >= 0.6 is 12.2 Å². The fourth-order valence-corrected chi connectivity index (χ4v) is 2.74. The van der Waals surface area contributed by atoms with Gasteiger partial charge >= 0.3 is 0 Å². The number of aromatic hydroxyl groups is 1. The third-order valence-corrected chi connectivity index (χ3v) is 4.00. The van der Waals surface area contributed by atoms with Gasteiger partial charge in [-0.3, -0.25) is 0 Å². The first-order valence-corrected chi connectivity index (χ1v) is 8.30. The Bertz CT molecular complexity index is 991. The molecular weight excluding hydrogens is 368 g/mol. The fourth-order valence-electron chi connectivity index (χ4n) is 2.58. The number of anilines is 1. The van der Waals surface area contributed by atoms with E-state index in [2.05, 4.69) is 20.5 Å². The van der Waals surface area contributed by atoms with Crippen molar-refractivity contribution in [2.45, 2.75) is 0 Å². The minimum atomic E-state index is 0.0185. The van der Waals surface area contributed by atoms with Crippen molar-refractivity contribution in [1.82, 2.24) is 4.98 Å². The van der Waals surface area contributed by atoms with E-state index in [9.17, 15) is 5.11 Å². The number of benzene rings is 2. The largest absolute Gasteiger partial charge is 0.504 e. The average molecular weight is 386 g/mol. The molecule has 1 aromatic heterocycles. The molecule has 0 amide bonds. The highest BCUT2D eigenvalue weighted by molar-refractivity contribution is 7.80. The number of H-pyrrole nitrogens is 1. The lowest BCUT2D eigenvalue weighted by Crippen LogP contribution is -2.06. The summed E-state index contributed by atoms with van der Waals surface area (Å²) in [6, 6.07) is 10.7. The van der Waals surface area contributed by atoms with Crippen molar-refractivity contribution in [3.8, 4) is 23.0 Å². The predicted molar refractivity (Wildman–Crippen MR) is 107 cm³/mol. The number of thiocarbonyl (C=S) groups is 1. The summed E-state index contributed by atoms with van der Waals surface area (Å²) in [6.45, 7) is 0. The van der Waals surface area contributed by atoms with Crippen LogP contribution in [0, 0.1) is 0 Å². The maximum Gasteiger partial charge on any atom is 0.218 e. The summed E-state index contributed by atoms with van der Waals surface area (Å²) in [5.41, 5.74) is 1.35. The molecule has 0 unspecified atom stereocenters. The van der Waals surface area contributed by atoms with Crippen molar-refractivity contribution in [3.05, 3.63) is 36.4 Å². The maximum atomic E-state index is 10.2. The molecule has 9 heteroatoms. The van der Waals surface area contributed by atoms with Gasteiger partial charge in [-0.25, -0.2) is 0 Å². The first kappa shape index (κ1) is 18.5. The van der Waals surface area contributed by atoms with Gasteiger partial charge in [-0.05, 0) is 24.4 Å². The molecule has 0 aliphatic carbocycles. The summed E-state index contributed by atoms with van der Waals surface area (Å²) in [6.07, 6.45) is 0. The predicted octanol–water partition coefficient (Wildman–Crippen LogP) is 4.38. The molecule has 0 fully saturated rings. The number of para-hydroxylation sites is 1. The average Bonchev–Trinajstić information content (AvgIpc) is 3.01. The molecule has 1 heterocycles. The summed E-state index contributed by atoms with van der Waals surface area (Å²) in [7, 11) is 4.58. The Morgan fingerprint density at radius 2 is 1.74 bits per heavy atom. The van der Waals surface area contributed by atoms with Crippen LogP contribution in [0.15, 0.2) is 46.6 Å². The second-order valence-electron chi connectivity index (χ2n) is 5.41. The number of nitrogens with zero attached hydrogens (tertiary/aromatic N) is 2. The molecule has 0 atom stereocenters. The molecule has 3 N–H and O–H groups in total. The van der Waals surface area contributed by atoms with E-state index in [1.807, 2.05) is 18.2 Å². The van der Waals surface area contributed by atoms with Gasteiger partial charge in [0.15, 0.2) is 23.1 Å². The smallest absolute Gasteiger partial charge is 0.218 e. The SMILES string of the molecule is COc1cc(NC(=S)N=Nc2[nH]c3ccccc3c2O)cc(OC)c1OC. The molecule has 0 aliphatic rings. The van der Waals surface area contributed by atoms with Gasteiger partial charge in [0.05, 0.1) is 26.8 Å². The molecule has 0 saturated heterocycles. The van der Waals surface area contributed by atoms with Crippen LogP contribution in [-0.2, 0) is 0 Å². The van der Waals surface area contributed by atoms with Crippen LogP contribution < -0.4 is 19.5 Å². The van der Waals surface area contributed by atoms with Crippen LogP contribution in [0.25, 0.3) is 10.9 Å². The van der Waals surface area contributed by atoms with E-state index in [0.717, 1.165) is 5.52 Å². The van der Waals surface area contributed by atoms with Gasteiger partial charge in [-0.1, -0.05) is 12.1 Å². The number of aromatic nitrogens is 1. The number of hydrogen-bond acceptors (Lipinski definition) is 6. The van der Waals surface area contributed by atoms with E-state index in [0.29, 0.717) is 28.3 Å². The number of hydrogen-bond donors (Lipinski definition) is 3. The number of rotatable bonds is 5. The van der Waals surface area contributed by atoms with Gasteiger partial charge in [0.25, 0.3) is 0 Å². The van der Waals surface area contributed by atoms with E-state index >= 15 is 0 Å². The molecule has 0 bridgehead atoms. The van der Waals surface area contributed by atoms with Crippen LogP contribution in [0.2, 0.25) is 0 Å². The lowest BCUT2D eigenvalue weighted by Gasteiger charge is -2.14. The first-order valence-electron chi connectivity index (χ1n) is 7.89. The summed E-state index contributed by atoms with van der Waals surface area (Å²) >= 11 is 5.20. The summed E-state index contributed by atoms with van der Waals surface area (Å²) in [5.74, 6) is 1.68. The third kappa shape index (κ3) is 3.77. The van der Waals surface area contributed by atoms with E-state index < -0.39 is 0 Å². The minimum Gasteiger partial charge on any atom is -0.504 e. The fraction of sp³-hybridized carbons (Fsp3) is 0.167. The highest BCUT2D eigenvalue weighted by Gasteiger charge is 2.14. The Hall–Kier alpha value is -3.33. The number of aromatic amines is 1. The molecule has 27 heavy (non-hydrogen) atoms. The van der Waals surface area contributed by atoms with Crippen LogP contribution in [-0.4, -0.2) is 36.5 Å². The number of methoxy groups -OCH3 is 3. The van der Waals surface area contributed by atoms with Crippen LogP contribution in [0.1, 0.15) is 0 Å². The van der Waals surface area contributed by atoms with E-state index in [1.54, 1.807) is 18.2 Å². The molecule has 0 radical (unpaired) electrons. The Balaban J connectivity index is 1.81. The second-order valence-corrected chi connectivity index (χ2v) is 5.80. The quantitative estimate of drug-likeness (QED) is 0.444. The van der Waals surface area contributed by atoms with Crippen molar-refractivity contribution >= 4 is 39.7 Å². The van der Waals surface area contributed by atoms with Crippen LogP contribution in [0.5, 0.6) is 23.0 Å². The number of fused-ring (bicyclic) bond motifs is 1. The maximum absolute atomic E-state index is 10.2. The Kier molecular flexibility index (Phi) is 5.41. The number of ether oxygens (including phenoxy) is 3. The molecule has 2 aromatic carbocycles. The standard InChI is InChI=1S/C18H18N4O4S/c1-24-13-8-10(9-14(25-2)16(13)26-3)19-18(27)22-21-17-15(23)11-6-4-5-7-12(11)20-17/h4-9,20,23H,1-3H3,(H,19,27). The van der Waals surface area contributed by atoms with Gasteiger partial charge < -0.3 is 29.6 Å². The summed E-state index contributed by atoms with van der Waals surface area (Å²) < 4.78 is 15.9. The third-order valence-electron chi connectivity index (χ3n) is 3.82. The molecule has 0 aliphatic heterocycles. The van der Waals surface area contributed by atoms with Crippen molar-refractivity contribution in [3.63, 3.8) is 0 Å². The monoisotopic (exact) mass is 386 g/mol. The summed E-state index contributed by atoms with van der Waals surface area (Å²) in [4.78, 5) is 2.98. The van der Waals surface area contributed by atoms with Gasteiger partial charge in [0, 0.05) is 23.2 Å². The molecule has 8 nitrogen and oxygen atoms in total. The van der Waals surface area contributed by atoms with Crippen LogP contribution in [0.4, 0.5) is 11.5 Å². The van der Waals surface area contributed by atoms with Crippen molar-refractivity contribution < 1.29 is 19.3 Å². The van der Waals surface area contributed by atoms with Gasteiger partial charge in [0.1, 0.15) is 0 Å². The Morgan fingerprint density at radius 3 is 2.33 bits per heavy atom. The zero-order chi connectivity index (χ0) is 19.4. The number of azo groups is 1.